The lowest BCUT2D eigenvalue weighted by atomic mass is 9.72. The summed E-state index contributed by atoms with van der Waals surface area (Å²) >= 11 is 1.67. The zero-order chi connectivity index (χ0) is 14.5. The summed E-state index contributed by atoms with van der Waals surface area (Å²) in [5.74, 6) is 0.880. The summed E-state index contributed by atoms with van der Waals surface area (Å²) in [7, 11) is 0. The Labute approximate surface area is 120 Å². The van der Waals surface area contributed by atoms with E-state index in [0.29, 0.717) is 13.2 Å². The van der Waals surface area contributed by atoms with E-state index in [1.165, 1.54) is 0 Å². The standard InChI is InChI=1S/C14H27NO3S/c1-11(8-19-4)12(16)15-9-13(2,3)14(17)6-5-7-18-10-14/h11,17H,5-10H2,1-4H3,(H,15,16). The summed E-state index contributed by atoms with van der Waals surface area (Å²) < 4.78 is 5.40. The summed E-state index contributed by atoms with van der Waals surface area (Å²) in [6, 6.07) is 0. The monoisotopic (exact) mass is 289 g/mol. The highest BCUT2D eigenvalue weighted by molar-refractivity contribution is 7.98. The van der Waals surface area contributed by atoms with E-state index in [0.717, 1.165) is 25.2 Å². The molecule has 1 aliphatic rings. The van der Waals surface area contributed by atoms with Crippen LogP contribution in [0.2, 0.25) is 0 Å². The van der Waals surface area contributed by atoms with Gasteiger partial charge in [-0.25, -0.2) is 0 Å². The zero-order valence-electron chi connectivity index (χ0n) is 12.5. The number of hydrogen-bond donors (Lipinski definition) is 2. The van der Waals surface area contributed by atoms with Crippen molar-refractivity contribution in [2.45, 2.75) is 39.2 Å². The Morgan fingerprint density at radius 3 is 2.79 bits per heavy atom. The van der Waals surface area contributed by atoms with E-state index in [4.69, 9.17) is 4.74 Å². The molecule has 19 heavy (non-hydrogen) atoms. The average Bonchev–Trinajstić information content (AvgIpc) is 2.37. The first-order valence-electron chi connectivity index (χ1n) is 6.89. The van der Waals surface area contributed by atoms with Crippen molar-refractivity contribution < 1.29 is 14.6 Å². The van der Waals surface area contributed by atoms with Gasteiger partial charge in [0.2, 0.25) is 5.91 Å². The molecule has 1 amide bonds. The van der Waals surface area contributed by atoms with E-state index in [9.17, 15) is 9.90 Å². The number of carbonyl (C=O) groups excluding carboxylic acids is 1. The number of carbonyl (C=O) groups is 1. The Hall–Kier alpha value is -0.260. The van der Waals surface area contributed by atoms with Gasteiger partial charge in [-0.3, -0.25) is 4.79 Å². The van der Waals surface area contributed by atoms with Crippen molar-refractivity contribution in [3.8, 4) is 0 Å². The fourth-order valence-electron chi connectivity index (χ4n) is 2.29. The van der Waals surface area contributed by atoms with Gasteiger partial charge < -0.3 is 15.2 Å². The number of thioether (sulfide) groups is 1. The van der Waals surface area contributed by atoms with Gasteiger partial charge in [0, 0.05) is 30.2 Å². The van der Waals surface area contributed by atoms with Gasteiger partial charge in [-0.15, -0.1) is 0 Å². The maximum absolute atomic E-state index is 11.9. The minimum absolute atomic E-state index is 0.00282. The fraction of sp³-hybridized carbons (Fsp3) is 0.929. The predicted molar refractivity (Wildman–Crippen MR) is 79.3 cm³/mol. The lowest BCUT2D eigenvalue weighted by molar-refractivity contribution is -0.151. The van der Waals surface area contributed by atoms with Crippen LogP contribution in [-0.2, 0) is 9.53 Å². The zero-order valence-corrected chi connectivity index (χ0v) is 13.3. The Balaban J connectivity index is 2.52. The van der Waals surface area contributed by atoms with E-state index in [1.54, 1.807) is 11.8 Å². The van der Waals surface area contributed by atoms with Crippen molar-refractivity contribution in [2.24, 2.45) is 11.3 Å². The van der Waals surface area contributed by atoms with Crippen LogP contribution in [0.5, 0.6) is 0 Å². The molecule has 0 aromatic carbocycles. The van der Waals surface area contributed by atoms with Crippen molar-refractivity contribution in [3.05, 3.63) is 0 Å². The van der Waals surface area contributed by atoms with Crippen LogP contribution in [0.25, 0.3) is 0 Å². The van der Waals surface area contributed by atoms with Crippen molar-refractivity contribution in [1.82, 2.24) is 5.32 Å². The van der Waals surface area contributed by atoms with Crippen molar-refractivity contribution >= 4 is 17.7 Å². The Morgan fingerprint density at radius 1 is 1.58 bits per heavy atom. The smallest absolute Gasteiger partial charge is 0.223 e. The molecule has 0 aliphatic carbocycles. The first kappa shape index (κ1) is 16.8. The topological polar surface area (TPSA) is 58.6 Å². The average molecular weight is 289 g/mol. The van der Waals surface area contributed by atoms with E-state index in [-0.39, 0.29) is 17.2 Å². The van der Waals surface area contributed by atoms with Gasteiger partial charge in [0.15, 0.2) is 0 Å². The molecule has 0 saturated carbocycles. The number of nitrogens with one attached hydrogen (secondary N) is 1. The molecule has 2 atom stereocenters. The Bertz CT molecular complexity index is 301. The molecule has 1 fully saturated rings. The van der Waals surface area contributed by atoms with Gasteiger partial charge in [0.1, 0.15) is 0 Å². The SMILES string of the molecule is CSCC(C)C(=O)NCC(C)(C)C1(O)CCCOC1. The highest BCUT2D eigenvalue weighted by Gasteiger charge is 2.44. The molecule has 2 unspecified atom stereocenters. The second-order valence-corrected chi connectivity index (χ2v) is 7.06. The molecule has 1 heterocycles. The van der Waals surface area contributed by atoms with Gasteiger partial charge in [0.25, 0.3) is 0 Å². The van der Waals surface area contributed by atoms with E-state index in [1.807, 2.05) is 27.0 Å². The largest absolute Gasteiger partial charge is 0.387 e. The Morgan fingerprint density at radius 2 is 2.26 bits per heavy atom. The third-order valence-corrected chi connectivity index (χ3v) is 4.88. The summed E-state index contributed by atoms with van der Waals surface area (Å²) in [4.78, 5) is 11.9. The molecule has 2 N–H and O–H groups in total. The summed E-state index contributed by atoms with van der Waals surface area (Å²) in [5, 5.41) is 13.6. The highest BCUT2D eigenvalue weighted by atomic mass is 32.2. The van der Waals surface area contributed by atoms with Crippen LogP contribution in [0.1, 0.15) is 33.6 Å². The molecule has 4 nitrogen and oxygen atoms in total. The molecule has 5 heteroatoms. The molecule has 0 aromatic rings. The lowest BCUT2D eigenvalue weighted by Crippen LogP contribution is -2.55. The van der Waals surface area contributed by atoms with Gasteiger partial charge >= 0.3 is 0 Å². The van der Waals surface area contributed by atoms with Gasteiger partial charge in [0.05, 0.1) is 12.2 Å². The van der Waals surface area contributed by atoms with Crippen LogP contribution in [0.3, 0.4) is 0 Å². The van der Waals surface area contributed by atoms with Crippen LogP contribution >= 0.6 is 11.8 Å². The number of rotatable bonds is 6. The Kier molecular flexibility index (Phi) is 6.15. The predicted octanol–water partition coefficient (Wildman–Crippen LogP) is 1.67. The third-order valence-electron chi connectivity index (χ3n) is 4.05. The van der Waals surface area contributed by atoms with E-state index in [2.05, 4.69) is 5.32 Å². The minimum Gasteiger partial charge on any atom is -0.387 e. The minimum atomic E-state index is -0.846. The maximum Gasteiger partial charge on any atom is 0.223 e. The molecule has 0 aromatic heterocycles. The van der Waals surface area contributed by atoms with Crippen molar-refractivity contribution in [2.75, 3.05) is 31.8 Å². The van der Waals surface area contributed by atoms with E-state index < -0.39 is 5.60 Å². The molecular formula is C14H27NO3S. The van der Waals surface area contributed by atoms with Gasteiger partial charge in [-0.1, -0.05) is 20.8 Å². The van der Waals surface area contributed by atoms with Crippen molar-refractivity contribution in [3.63, 3.8) is 0 Å². The van der Waals surface area contributed by atoms with Crippen LogP contribution < -0.4 is 5.32 Å². The molecule has 0 radical (unpaired) electrons. The van der Waals surface area contributed by atoms with Crippen molar-refractivity contribution in [1.29, 1.82) is 0 Å². The quantitative estimate of drug-likeness (QED) is 0.781. The number of amides is 1. The van der Waals surface area contributed by atoms with Crippen LogP contribution in [-0.4, -0.2) is 48.4 Å². The number of hydrogen-bond acceptors (Lipinski definition) is 4. The second-order valence-electron chi connectivity index (χ2n) is 6.15. The molecule has 1 saturated heterocycles. The number of ether oxygens (including phenoxy) is 1. The van der Waals surface area contributed by atoms with Gasteiger partial charge in [-0.2, -0.15) is 11.8 Å². The molecular weight excluding hydrogens is 262 g/mol. The highest BCUT2D eigenvalue weighted by Crippen LogP contribution is 2.36. The lowest BCUT2D eigenvalue weighted by Gasteiger charge is -2.45. The van der Waals surface area contributed by atoms with Crippen LogP contribution in [0.4, 0.5) is 0 Å². The summed E-state index contributed by atoms with van der Waals surface area (Å²) in [6.07, 6.45) is 3.60. The summed E-state index contributed by atoms with van der Waals surface area (Å²) in [5.41, 5.74) is -1.23. The molecule has 1 aliphatic heterocycles. The molecule has 112 valence electrons. The third kappa shape index (κ3) is 4.36. The molecule has 0 spiro atoms. The van der Waals surface area contributed by atoms with Crippen LogP contribution in [0, 0.1) is 11.3 Å². The van der Waals surface area contributed by atoms with E-state index >= 15 is 0 Å². The van der Waals surface area contributed by atoms with Gasteiger partial charge in [-0.05, 0) is 19.1 Å². The van der Waals surface area contributed by atoms with Crippen LogP contribution in [0.15, 0.2) is 0 Å². The second kappa shape index (κ2) is 6.95. The number of aliphatic hydroxyl groups is 1. The fourth-order valence-corrected chi connectivity index (χ4v) is 2.94. The molecule has 1 rings (SSSR count). The first-order chi connectivity index (χ1) is 8.82. The summed E-state index contributed by atoms with van der Waals surface area (Å²) in [6.45, 7) is 7.45. The maximum atomic E-state index is 11.9. The normalized spacial score (nSPS) is 25.9. The first-order valence-corrected chi connectivity index (χ1v) is 8.28. The molecule has 0 bridgehead atoms.